The molecule has 1 saturated heterocycles. The summed E-state index contributed by atoms with van der Waals surface area (Å²) in [4.78, 5) is 243. The number of hydrogen-bond acceptors (Lipinski definition) is 20. The summed E-state index contributed by atoms with van der Waals surface area (Å²) < 4.78 is 0. The topological polar surface area (TPSA) is 526 Å². The molecule has 2 heterocycles. The van der Waals surface area contributed by atoms with Crippen molar-refractivity contribution in [1.29, 1.82) is 0 Å². The van der Waals surface area contributed by atoms with Crippen LogP contribution in [0.2, 0.25) is 0 Å². The molecule has 0 bridgehead atoms. The number of nitrogens with zero attached hydrogens (tertiary/aromatic N) is 5. The maximum atomic E-state index is 15.5. The molecular formula is C92H117N17O19S. The van der Waals surface area contributed by atoms with Gasteiger partial charge in [0.15, 0.2) is 0 Å². The number of phenols is 2. The predicted molar refractivity (Wildman–Crippen MR) is 481 cm³/mol. The number of unbranched alkanes of at least 4 members (excludes halogenated alkanes) is 1. The Bertz CT molecular complexity index is 5050. The van der Waals surface area contributed by atoms with Gasteiger partial charge in [-0.3, -0.25) is 76.7 Å². The Kier molecular flexibility index (Phi) is 38.6. The van der Waals surface area contributed by atoms with Gasteiger partial charge in [0.2, 0.25) is 88.6 Å². The van der Waals surface area contributed by atoms with Gasteiger partial charge in [0.1, 0.15) is 78.0 Å². The van der Waals surface area contributed by atoms with Gasteiger partial charge in [-0.05, 0) is 95.4 Å². The summed E-state index contributed by atoms with van der Waals surface area (Å²) in [6.45, 7) is 2.63. The summed E-state index contributed by atoms with van der Waals surface area (Å²) in [5, 5.41) is 55.4. The third-order valence-corrected chi connectivity index (χ3v) is 23.1. The fourth-order valence-electron chi connectivity index (χ4n) is 14.8. The van der Waals surface area contributed by atoms with Crippen molar-refractivity contribution in [3.63, 3.8) is 0 Å². The highest BCUT2D eigenvalue weighted by molar-refractivity contribution is 8.00. The van der Waals surface area contributed by atoms with Gasteiger partial charge >= 0.3 is 5.97 Å². The molecule has 1 aliphatic rings. The number of nitrogens with two attached hydrogens (primary N) is 2. The van der Waals surface area contributed by atoms with E-state index in [0.29, 0.717) is 57.1 Å². The molecule has 6 aromatic carbocycles. The summed E-state index contributed by atoms with van der Waals surface area (Å²) in [5.41, 5.74) is 15.1. The molecule has 1 aliphatic heterocycles. The van der Waals surface area contributed by atoms with Crippen molar-refractivity contribution in [3.05, 3.63) is 203 Å². The third-order valence-electron chi connectivity index (χ3n) is 22.1. The minimum Gasteiger partial charge on any atom is -0.508 e. The molecule has 1 fully saturated rings. The average Bonchev–Trinajstić information content (AvgIpc) is 1.72. The second-order valence-electron chi connectivity index (χ2n) is 32.4. The minimum atomic E-state index is -1.91. The number of aliphatic carboxylic acids is 1. The van der Waals surface area contributed by atoms with Crippen LogP contribution >= 0.6 is 11.8 Å². The molecule has 129 heavy (non-hydrogen) atoms. The Balaban J connectivity index is 1.21. The maximum absolute atomic E-state index is 15.5. The fraction of sp³-hybridized carbons (Fsp3) is 0.413. The van der Waals surface area contributed by atoms with Gasteiger partial charge in [0.05, 0.1) is 31.8 Å². The van der Waals surface area contributed by atoms with Crippen molar-refractivity contribution in [2.75, 3.05) is 72.9 Å². The number of phenolic OH excluding ortho intramolecular Hbond substituents is 2. The van der Waals surface area contributed by atoms with E-state index in [1.165, 1.54) is 88.7 Å². The molecule has 0 spiro atoms. The lowest BCUT2D eigenvalue weighted by molar-refractivity contribution is -0.151. The maximum Gasteiger partial charge on any atom is 0.305 e. The second kappa shape index (κ2) is 49.4. The lowest BCUT2D eigenvalue weighted by Crippen LogP contribution is -2.61. The van der Waals surface area contributed by atoms with Gasteiger partial charge in [0, 0.05) is 96.6 Å². The number of H-pyrrole nitrogens is 1. The molecule has 11 atom stereocenters. The number of amides is 15. The summed E-state index contributed by atoms with van der Waals surface area (Å²) in [5.74, 6) is -17.3. The lowest BCUT2D eigenvalue weighted by Gasteiger charge is -2.37. The molecule has 37 heteroatoms. The number of primary amides is 1. The number of benzene rings is 6. The van der Waals surface area contributed by atoms with E-state index in [0.717, 1.165) is 31.4 Å². The summed E-state index contributed by atoms with van der Waals surface area (Å²) in [6, 6.07) is 27.0. The van der Waals surface area contributed by atoms with Crippen LogP contribution in [0, 0.1) is 5.92 Å². The van der Waals surface area contributed by atoms with E-state index < -0.39 is 205 Å². The quantitative estimate of drug-likeness (QED) is 0.0401. The third kappa shape index (κ3) is 30.5. The van der Waals surface area contributed by atoms with E-state index in [1.54, 1.807) is 135 Å². The van der Waals surface area contributed by atoms with Gasteiger partial charge in [-0.25, -0.2) is 0 Å². The Morgan fingerprint density at radius 2 is 0.907 bits per heavy atom. The van der Waals surface area contributed by atoms with E-state index in [1.807, 2.05) is 6.92 Å². The minimum absolute atomic E-state index is 0.0201. The van der Waals surface area contributed by atoms with Crippen molar-refractivity contribution in [2.45, 2.75) is 164 Å². The zero-order chi connectivity index (χ0) is 94.1. The highest BCUT2D eigenvalue weighted by atomic mass is 32.2. The Labute approximate surface area is 752 Å². The first-order valence-corrected chi connectivity index (χ1v) is 43.7. The highest BCUT2D eigenvalue weighted by Crippen LogP contribution is 2.24. The van der Waals surface area contributed by atoms with E-state index in [4.69, 9.17) is 11.5 Å². The number of carbonyl (C=O) groups is 16. The molecule has 0 radical (unpaired) electrons. The number of aromatic nitrogens is 1. The SMILES string of the molecule is CCCC[C@H]1C(=O)N(C)CC(=O)N[C@@H](CC(=O)O)C(=O)N[C@@H](C(C)C)C(=O)N(C)[C@@H](Cc2ccccc2)C(=O)N[C@@H](Cc2ccc(O)cc2)C(=O)N(C)CC(=O)N[C@@H](Cc2c[nH]c3ccccc23)C(=O)N[C@@H](Cc2ccc(O)cc2)C(=O)N[C@@H](CCCN)C(=O)N[C@H](C(=O)NCC(N)=O)CSCC(=O)N[C@@H](Cc2ccccc2)C(=O)N(C)[C@@H](Cc2ccccc2)C(=O)N1C. The Hall–Kier alpha value is -13.7. The summed E-state index contributed by atoms with van der Waals surface area (Å²) >= 11 is 0.813. The average molecular weight is 1800 g/mol. The molecule has 0 saturated carbocycles. The van der Waals surface area contributed by atoms with E-state index in [9.17, 15) is 58.5 Å². The number of likely N-dealkylation sites (N-methyl/N-ethyl adjacent to an activating group) is 5. The molecule has 7 aromatic rings. The number of carbonyl (C=O) groups excluding carboxylic acids is 15. The van der Waals surface area contributed by atoms with Gasteiger partial charge in [-0.15, -0.1) is 11.8 Å². The van der Waals surface area contributed by atoms with Crippen LogP contribution in [-0.4, -0.2) is 279 Å². The predicted octanol–water partition coefficient (Wildman–Crippen LogP) is 1.02. The smallest absolute Gasteiger partial charge is 0.305 e. The van der Waals surface area contributed by atoms with Crippen molar-refractivity contribution < 1.29 is 92.0 Å². The van der Waals surface area contributed by atoms with Crippen LogP contribution in [0.3, 0.4) is 0 Å². The first kappa shape index (κ1) is 101. The summed E-state index contributed by atoms with van der Waals surface area (Å²) in [6.07, 6.45) is 0.0210. The number of carboxylic acid groups (broad SMARTS) is 1. The highest BCUT2D eigenvalue weighted by Gasteiger charge is 2.42. The van der Waals surface area contributed by atoms with Crippen LogP contribution in [0.1, 0.15) is 92.7 Å². The first-order chi connectivity index (χ1) is 61.5. The second-order valence-corrected chi connectivity index (χ2v) is 33.4. The Morgan fingerprint density at radius 1 is 0.457 bits per heavy atom. The lowest BCUT2D eigenvalue weighted by atomic mass is 9.98. The zero-order valence-electron chi connectivity index (χ0n) is 73.5. The number of fused-ring (bicyclic) bond motifs is 1. The molecule has 36 nitrogen and oxygen atoms in total. The van der Waals surface area contributed by atoms with Crippen LogP contribution < -0.4 is 59.3 Å². The van der Waals surface area contributed by atoms with E-state index in [2.05, 4.69) is 52.8 Å². The van der Waals surface area contributed by atoms with Crippen LogP contribution in [0.5, 0.6) is 11.5 Å². The largest absolute Gasteiger partial charge is 0.508 e. The van der Waals surface area contributed by atoms with Crippen LogP contribution in [0.25, 0.3) is 10.9 Å². The fourth-order valence-corrected chi connectivity index (χ4v) is 15.7. The van der Waals surface area contributed by atoms with Gasteiger partial charge in [-0.1, -0.05) is 167 Å². The van der Waals surface area contributed by atoms with Crippen molar-refractivity contribution >= 4 is 117 Å². The van der Waals surface area contributed by atoms with Crippen LogP contribution in [0.4, 0.5) is 0 Å². The standard InChI is InChI=1S/C92H117N17O19S/c1-9-10-32-73-90(126)106(5)52-78(114)98-69(48-80(116)117)86(122)104-81(55(2)3)92(128)108(7)74(45-57-25-16-12-17-26-57)87(123)102-70(44-60-35-39-63(111)40-36-60)88(124)105(4)51-77(113)97-68(47-61-49-95-65-30-21-20-29-64(61)65)85(121)101-67(42-59-33-37-62(110)38-34-59)84(120)100-66(31-22-41-93)83(119)103-72(82(118)96-50-76(94)112)53-129-54-79(115)99-71(43-56-23-14-11-15-24-56)89(125)109(8)75(91(127)107(73)6)46-58-27-18-13-19-28-58/h11-21,23-30,33-40,49,55,66-75,81,95,110-111H,9-10,22,31-32,41-48,50-54,93H2,1-8H3,(H2,94,112)(H,96,118)(H,97,113)(H,98,114)(H,99,115)(H,100,120)(H,101,121)(H,102,123)(H,103,119)(H,104,122)(H,116,117)/t66-,67-,68-,69-,70-,71-,72-,73-,74-,75-,81-/m0/s1. The summed E-state index contributed by atoms with van der Waals surface area (Å²) in [7, 11) is 6.51. The van der Waals surface area contributed by atoms with Crippen LogP contribution in [0.15, 0.2) is 170 Å². The normalized spacial score (nSPS) is 21.9. The van der Waals surface area contributed by atoms with Crippen molar-refractivity contribution in [3.8, 4) is 11.5 Å². The van der Waals surface area contributed by atoms with Crippen molar-refractivity contribution in [1.82, 2.24) is 77.3 Å². The number of thioether (sulfide) groups is 1. The molecular weight excluding hydrogens is 1680 g/mol. The Morgan fingerprint density at radius 3 is 1.45 bits per heavy atom. The number of nitrogens with one attached hydrogen (secondary N) is 10. The van der Waals surface area contributed by atoms with Crippen LogP contribution in [-0.2, 0) is 115 Å². The molecule has 0 aliphatic carbocycles. The number of rotatable bonds is 24. The monoisotopic (exact) mass is 1800 g/mol. The molecule has 1 aromatic heterocycles. The number of aromatic hydroxyl groups is 2. The molecule has 0 unspecified atom stereocenters. The van der Waals surface area contributed by atoms with E-state index >= 15 is 33.6 Å². The van der Waals surface area contributed by atoms with Crippen molar-refractivity contribution in [2.24, 2.45) is 17.4 Å². The first-order valence-electron chi connectivity index (χ1n) is 42.5. The van der Waals surface area contributed by atoms with Gasteiger partial charge < -0.3 is 104 Å². The zero-order valence-corrected chi connectivity index (χ0v) is 74.3. The molecule has 8 rings (SSSR count). The number of hydrogen-bond donors (Lipinski definition) is 15. The molecule has 17 N–H and O–H groups in total. The van der Waals surface area contributed by atoms with Gasteiger partial charge in [-0.2, -0.15) is 0 Å². The molecule has 15 amide bonds. The van der Waals surface area contributed by atoms with Gasteiger partial charge in [0.25, 0.3) is 0 Å². The number of aromatic amines is 1. The molecule has 690 valence electrons. The number of para-hydroxylation sites is 1. The van der Waals surface area contributed by atoms with E-state index in [-0.39, 0.29) is 75.8 Å². The number of carboxylic acids is 1.